The lowest BCUT2D eigenvalue weighted by atomic mass is 9.84. The number of rotatable bonds is 6. The van der Waals surface area contributed by atoms with Gasteiger partial charge in [-0.1, -0.05) is 0 Å². The first-order valence-corrected chi connectivity index (χ1v) is 9.75. The summed E-state index contributed by atoms with van der Waals surface area (Å²) in [6.45, 7) is 1.98. The first-order valence-electron chi connectivity index (χ1n) is 9.75. The van der Waals surface area contributed by atoms with Crippen molar-refractivity contribution in [2.75, 3.05) is 26.2 Å². The number of hydrogen-bond acceptors (Lipinski definition) is 7. The molecular weight excluding hydrogens is 362 g/mol. The molecule has 2 fully saturated rings. The van der Waals surface area contributed by atoms with Gasteiger partial charge < -0.3 is 15.7 Å². The van der Waals surface area contributed by atoms with Crippen LogP contribution >= 0.6 is 0 Å². The van der Waals surface area contributed by atoms with Crippen molar-refractivity contribution in [1.82, 2.24) is 35.1 Å². The van der Waals surface area contributed by atoms with Crippen LogP contribution < -0.4 is 10.6 Å². The molecule has 0 aromatic carbocycles. The maximum Gasteiger partial charge on any atom is 0.291 e. The zero-order chi connectivity index (χ0) is 19.6. The predicted molar refractivity (Wildman–Crippen MR) is 99.5 cm³/mol. The molecule has 2 saturated heterocycles. The monoisotopic (exact) mass is 387 g/mol. The number of hydrogen-bond donors (Lipinski definition) is 3. The van der Waals surface area contributed by atoms with Crippen molar-refractivity contribution in [3.8, 4) is 0 Å². The number of aliphatic hydroxyl groups is 1. The molecule has 0 unspecified atom stereocenters. The van der Waals surface area contributed by atoms with E-state index in [0.29, 0.717) is 31.7 Å². The number of piperidine rings is 1. The van der Waals surface area contributed by atoms with Crippen LogP contribution in [-0.2, 0) is 4.79 Å². The maximum atomic E-state index is 12.9. The van der Waals surface area contributed by atoms with E-state index in [9.17, 15) is 9.59 Å². The van der Waals surface area contributed by atoms with Crippen LogP contribution in [0.3, 0.4) is 0 Å². The van der Waals surface area contributed by atoms with Crippen molar-refractivity contribution in [3.05, 3.63) is 24.3 Å². The van der Waals surface area contributed by atoms with Gasteiger partial charge in [0.1, 0.15) is 5.54 Å². The van der Waals surface area contributed by atoms with Crippen LogP contribution in [0, 0.1) is 0 Å². The fraction of sp³-hybridized carbons (Fsp3) is 0.611. The average molecular weight is 387 g/mol. The Hall–Kier alpha value is -2.59. The summed E-state index contributed by atoms with van der Waals surface area (Å²) in [7, 11) is 0. The smallest absolute Gasteiger partial charge is 0.291 e. The molecule has 150 valence electrons. The Morgan fingerprint density at radius 2 is 2.25 bits per heavy atom. The highest BCUT2D eigenvalue weighted by molar-refractivity contribution is 5.91. The van der Waals surface area contributed by atoms with Gasteiger partial charge in [0.15, 0.2) is 0 Å². The molecule has 0 spiro atoms. The molecule has 2 aliphatic rings. The third kappa shape index (κ3) is 3.45. The second-order valence-corrected chi connectivity index (χ2v) is 7.44. The summed E-state index contributed by atoms with van der Waals surface area (Å²) in [6.07, 6.45) is 7.20. The standard InChI is InChI=1S/C18H25N7O3/c26-10-4-7-19-16(28)18-5-1-2-8-24(18)12-13(11-18)21-15(27)14-22-17-20-6-3-9-25(17)23-14/h3,6,9,13,26H,1-2,4-5,7-8,10-12H2,(H,19,28)(H,21,27)/t13-,18-/m0/s1. The Morgan fingerprint density at radius 3 is 3.07 bits per heavy atom. The molecular formula is C18H25N7O3. The topological polar surface area (TPSA) is 125 Å². The van der Waals surface area contributed by atoms with Crippen LogP contribution in [0.1, 0.15) is 42.7 Å². The largest absolute Gasteiger partial charge is 0.396 e. The number of aliphatic hydroxyl groups excluding tert-OH is 1. The van der Waals surface area contributed by atoms with Crippen LogP contribution in [0.25, 0.3) is 5.78 Å². The number of nitrogens with one attached hydrogen (secondary N) is 2. The van der Waals surface area contributed by atoms with Gasteiger partial charge in [-0.25, -0.2) is 9.50 Å². The molecule has 0 aliphatic carbocycles. The lowest BCUT2D eigenvalue weighted by Crippen LogP contribution is -2.57. The summed E-state index contributed by atoms with van der Waals surface area (Å²) < 4.78 is 1.46. The highest BCUT2D eigenvalue weighted by atomic mass is 16.3. The van der Waals surface area contributed by atoms with Crippen LogP contribution in [0.15, 0.2) is 18.5 Å². The van der Waals surface area contributed by atoms with Crippen molar-refractivity contribution in [2.24, 2.45) is 0 Å². The number of carbonyl (C=O) groups excluding carboxylic acids is 2. The summed E-state index contributed by atoms with van der Waals surface area (Å²) in [5, 5.41) is 19.1. The number of fused-ring (bicyclic) bond motifs is 2. The Balaban J connectivity index is 1.45. The minimum atomic E-state index is -0.584. The molecule has 2 amide bonds. The van der Waals surface area contributed by atoms with Gasteiger partial charge >= 0.3 is 0 Å². The van der Waals surface area contributed by atoms with Crippen molar-refractivity contribution < 1.29 is 14.7 Å². The summed E-state index contributed by atoms with van der Waals surface area (Å²) in [5.41, 5.74) is -0.584. The van der Waals surface area contributed by atoms with Gasteiger partial charge in [-0.05, 0) is 44.7 Å². The van der Waals surface area contributed by atoms with Gasteiger partial charge in [0, 0.05) is 38.1 Å². The van der Waals surface area contributed by atoms with Crippen LogP contribution in [0.5, 0.6) is 0 Å². The first kappa shape index (κ1) is 18.8. The Labute approximate surface area is 162 Å². The zero-order valence-electron chi connectivity index (χ0n) is 15.7. The second-order valence-electron chi connectivity index (χ2n) is 7.44. The van der Waals surface area contributed by atoms with Gasteiger partial charge in [0.25, 0.3) is 11.7 Å². The zero-order valence-corrected chi connectivity index (χ0v) is 15.7. The molecule has 2 aromatic rings. The summed E-state index contributed by atoms with van der Waals surface area (Å²) in [5.74, 6) is 0.0832. The lowest BCUT2D eigenvalue weighted by molar-refractivity contribution is -0.133. The third-order valence-electron chi connectivity index (χ3n) is 5.60. The van der Waals surface area contributed by atoms with Crippen molar-refractivity contribution in [3.63, 3.8) is 0 Å². The Bertz CT molecular complexity index is 837. The molecule has 4 heterocycles. The molecule has 2 aromatic heterocycles. The first-order chi connectivity index (χ1) is 13.6. The molecule has 28 heavy (non-hydrogen) atoms. The van der Waals surface area contributed by atoms with Crippen molar-refractivity contribution >= 4 is 17.6 Å². The minimum absolute atomic E-state index is 0.00699. The minimum Gasteiger partial charge on any atom is -0.396 e. The number of aromatic nitrogens is 4. The number of amides is 2. The molecule has 10 heteroatoms. The Kier molecular flexibility index (Phi) is 5.23. The van der Waals surface area contributed by atoms with E-state index in [2.05, 4.69) is 30.6 Å². The van der Waals surface area contributed by atoms with Gasteiger partial charge in [-0.15, -0.1) is 5.10 Å². The van der Waals surface area contributed by atoms with Gasteiger partial charge in [-0.2, -0.15) is 4.98 Å². The van der Waals surface area contributed by atoms with E-state index < -0.39 is 5.54 Å². The SMILES string of the molecule is O=C(N[C@@H]1CN2CCCC[C@@]2(C(=O)NCCCO)C1)c1nc2ncccn2n1. The van der Waals surface area contributed by atoms with Gasteiger partial charge in [0.2, 0.25) is 11.7 Å². The van der Waals surface area contributed by atoms with Crippen LogP contribution in [-0.4, -0.2) is 79.2 Å². The van der Waals surface area contributed by atoms with E-state index >= 15 is 0 Å². The molecule has 10 nitrogen and oxygen atoms in total. The summed E-state index contributed by atoms with van der Waals surface area (Å²) >= 11 is 0. The van der Waals surface area contributed by atoms with E-state index in [1.165, 1.54) is 4.52 Å². The van der Waals surface area contributed by atoms with Crippen LogP contribution in [0.4, 0.5) is 0 Å². The molecule has 4 rings (SSSR count). The third-order valence-corrected chi connectivity index (χ3v) is 5.60. The molecule has 2 atom stereocenters. The molecule has 0 radical (unpaired) electrons. The number of carbonyl (C=O) groups is 2. The van der Waals surface area contributed by atoms with Gasteiger partial charge in [0.05, 0.1) is 0 Å². The highest BCUT2D eigenvalue weighted by Crippen LogP contribution is 2.38. The fourth-order valence-electron chi connectivity index (χ4n) is 4.30. The second kappa shape index (κ2) is 7.80. The molecule has 0 bridgehead atoms. The molecule has 0 saturated carbocycles. The van der Waals surface area contributed by atoms with E-state index in [0.717, 1.165) is 25.8 Å². The average Bonchev–Trinajstić information content (AvgIpc) is 3.29. The molecule has 2 aliphatic heterocycles. The normalized spacial score (nSPS) is 24.8. The predicted octanol–water partition coefficient (Wildman–Crippen LogP) is -0.650. The van der Waals surface area contributed by atoms with Crippen molar-refractivity contribution in [1.29, 1.82) is 0 Å². The number of nitrogens with zero attached hydrogens (tertiary/aromatic N) is 5. The summed E-state index contributed by atoms with van der Waals surface area (Å²) in [6, 6.07) is 1.58. The summed E-state index contributed by atoms with van der Waals surface area (Å²) in [4.78, 5) is 36.0. The lowest BCUT2D eigenvalue weighted by Gasteiger charge is -2.40. The highest BCUT2D eigenvalue weighted by Gasteiger charge is 2.52. The molecule has 3 N–H and O–H groups in total. The fourth-order valence-corrected chi connectivity index (χ4v) is 4.30. The van der Waals surface area contributed by atoms with Crippen molar-refractivity contribution in [2.45, 2.75) is 43.7 Å². The van der Waals surface area contributed by atoms with Gasteiger partial charge in [-0.3, -0.25) is 14.5 Å². The maximum absolute atomic E-state index is 12.9. The van der Waals surface area contributed by atoms with E-state index in [1.807, 2.05) is 0 Å². The Morgan fingerprint density at radius 1 is 1.36 bits per heavy atom. The van der Waals surface area contributed by atoms with E-state index in [1.54, 1.807) is 18.5 Å². The quantitative estimate of drug-likeness (QED) is 0.563. The van der Waals surface area contributed by atoms with Crippen LogP contribution in [0.2, 0.25) is 0 Å². The van der Waals surface area contributed by atoms with E-state index in [4.69, 9.17) is 5.11 Å². The van der Waals surface area contributed by atoms with E-state index in [-0.39, 0.29) is 30.3 Å².